The first kappa shape index (κ1) is 17.9. The van der Waals surface area contributed by atoms with E-state index in [2.05, 4.69) is 4.98 Å². The van der Waals surface area contributed by atoms with Crippen LogP contribution in [0.1, 0.15) is 59.4 Å². The van der Waals surface area contributed by atoms with E-state index >= 15 is 0 Å². The minimum atomic E-state index is -2.58. The summed E-state index contributed by atoms with van der Waals surface area (Å²) < 4.78 is 41.7. The van der Waals surface area contributed by atoms with E-state index < -0.39 is 24.2 Å². The summed E-state index contributed by atoms with van der Waals surface area (Å²) in [6.45, 7) is 8.07. The van der Waals surface area contributed by atoms with Crippen molar-refractivity contribution in [1.82, 2.24) is 9.55 Å². The minimum absolute atomic E-state index is 0.0117. The summed E-state index contributed by atoms with van der Waals surface area (Å²) in [7, 11) is -0.450. The number of nitrogens with zero attached hydrogens (tertiary/aromatic N) is 2. The van der Waals surface area contributed by atoms with Crippen molar-refractivity contribution in [2.45, 2.75) is 76.5 Å². The quantitative estimate of drug-likeness (QED) is 0.756. The summed E-state index contributed by atoms with van der Waals surface area (Å²) in [6, 6.07) is 5.63. The van der Waals surface area contributed by atoms with Gasteiger partial charge in [-0.2, -0.15) is 0 Å². The monoisotopic (exact) mass is 362 g/mol. The van der Waals surface area contributed by atoms with E-state index in [4.69, 9.17) is 9.31 Å². The van der Waals surface area contributed by atoms with Crippen molar-refractivity contribution in [1.29, 1.82) is 0 Å². The Morgan fingerprint density at radius 1 is 1.15 bits per heavy atom. The topological polar surface area (TPSA) is 36.3 Å². The fourth-order valence-electron chi connectivity index (χ4n) is 3.85. The van der Waals surface area contributed by atoms with Crippen LogP contribution in [0.3, 0.4) is 0 Å². The van der Waals surface area contributed by atoms with Gasteiger partial charge in [0.2, 0.25) is 5.92 Å². The smallest absolute Gasteiger partial charge is 0.399 e. The number of halogens is 2. The Morgan fingerprint density at radius 2 is 1.85 bits per heavy atom. The first-order chi connectivity index (χ1) is 12.1. The van der Waals surface area contributed by atoms with Crippen LogP contribution in [0, 0.1) is 0 Å². The third kappa shape index (κ3) is 2.95. The summed E-state index contributed by atoms with van der Waals surface area (Å²) in [5.41, 5.74) is 1.76. The molecular formula is C19H25BF2N2O2. The van der Waals surface area contributed by atoms with E-state index in [1.807, 2.05) is 50.5 Å². The number of alkyl halides is 2. The van der Waals surface area contributed by atoms with Gasteiger partial charge in [-0.1, -0.05) is 6.07 Å². The zero-order valence-electron chi connectivity index (χ0n) is 15.8. The van der Waals surface area contributed by atoms with Gasteiger partial charge < -0.3 is 13.9 Å². The predicted octanol–water partition coefficient (Wildman–Crippen LogP) is 4.09. The van der Waals surface area contributed by atoms with E-state index in [0.717, 1.165) is 22.9 Å². The molecule has 4 rings (SSSR count). The number of benzene rings is 1. The molecule has 1 aliphatic heterocycles. The van der Waals surface area contributed by atoms with Crippen molar-refractivity contribution in [3.8, 4) is 0 Å². The highest BCUT2D eigenvalue weighted by Crippen LogP contribution is 2.40. The lowest BCUT2D eigenvalue weighted by Crippen LogP contribution is -2.41. The highest BCUT2D eigenvalue weighted by Gasteiger charge is 2.51. The highest BCUT2D eigenvalue weighted by atomic mass is 19.3. The maximum Gasteiger partial charge on any atom is 0.494 e. The highest BCUT2D eigenvalue weighted by molar-refractivity contribution is 6.62. The standard InChI is InChI=1S/C19H25BF2N2O2/c1-17(2)18(3,4)26-20(25-17)13-7-8-16-15(10-13)23-12-24(16)14-6-5-9-19(21,22)11-14/h7-8,10,12,14H,5-6,9,11H2,1-4H3. The molecule has 1 saturated heterocycles. The van der Waals surface area contributed by atoms with Crippen molar-refractivity contribution >= 4 is 23.6 Å². The second-order valence-electron chi connectivity index (χ2n) is 8.59. The second-order valence-corrected chi connectivity index (χ2v) is 8.59. The fourth-order valence-corrected chi connectivity index (χ4v) is 3.85. The molecule has 1 saturated carbocycles. The van der Waals surface area contributed by atoms with Gasteiger partial charge in [-0.05, 0) is 58.1 Å². The number of aromatic nitrogens is 2. The average molecular weight is 362 g/mol. The molecule has 0 spiro atoms. The molecule has 0 bridgehead atoms. The Labute approximate surface area is 153 Å². The lowest BCUT2D eigenvalue weighted by molar-refractivity contribution is -0.0490. The Balaban J connectivity index is 1.62. The Morgan fingerprint density at radius 3 is 2.50 bits per heavy atom. The summed E-state index contributed by atoms with van der Waals surface area (Å²) >= 11 is 0. The van der Waals surface area contributed by atoms with E-state index in [1.165, 1.54) is 0 Å². The van der Waals surface area contributed by atoms with Crippen LogP contribution in [0.4, 0.5) is 8.78 Å². The molecule has 1 aliphatic carbocycles. The molecule has 0 amide bonds. The van der Waals surface area contributed by atoms with Gasteiger partial charge >= 0.3 is 7.12 Å². The molecule has 140 valence electrons. The largest absolute Gasteiger partial charge is 0.494 e. The van der Waals surface area contributed by atoms with Crippen LogP contribution in [0.2, 0.25) is 0 Å². The van der Waals surface area contributed by atoms with E-state index in [9.17, 15) is 8.78 Å². The fraction of sp³-hybridized carbons (Fsp3) is 0.632. The molecule has 26 heavy (non-hydrogen) atoms. The molecule has 1 atom stereocenters. The summed E-state index contributed by atoms with van der Waals surface area (Å²) in [6.07, 6.45) is 2.87. The molecule has 1 unspecified atom stereocenters. The zero-order valence-corrected chi connectivity index (χ0v) is 15.8. The van der Waals surface area contributed by atoms with E-state index in [-0.39, 0.29) is 18.9 Å². The van der Waals surface area contributed by atoms with Crippen molar-refractivity contribution < 1.29 is 18.1 Å². The number of hydrogen-bond donors (Lipinski definition) is 0. The first-order valence-corrected chi connectivity index (χ1v) is 9.28. The summed E-state index contributed by atoms with van der Waals surface area (Å²) in [5.74, 6) is -2.58. The Hall–Kier alpha value is -1.47. The van der Waals surface area contributed by atoms with Crippen LogP contribution >= 0.6 is 0 Å². The Bertz CT molecular complexity index is 818. The molecule has 1 aromatic carbocycles. The first-order valence-electron chi connectivity index (χ1n) is 9.28. The minimum Gasteiger partial charge on any atom is -0.399 e. The van der Waals surface area contributed by atoms with Gasteiger partial charge in [0.15, 0.2) is 0 Å². The number of hydrogen-bond acceptors (Lipinski definition) is 3. The van der Waals surface area contributed by atoms with Gasteiger partial charge in [-0.25, -0.2) is 13.8 Å². The molecule has 0 radical (unpaired) electrons. The normalized spacial score (nSPS) is 27.2. The SMILES string of the molecule is CC1(C)OB(c2ccc3c(c2)ncn3C2CCCC(F)(F)C2)OC1(C)C. The molecule has 2 aliphatic rings. The lowest BCUT2D eigenvalue weighted by atomic mass is 9.79. The maximum absolute atomic E-state index is 13.8. The van der Waals surface area contributed by atoms with Crippen molar-refractivity contribution in [3.63, 3.8) is 0 Å². The van der Waals surface area contributed by atoms with Crippen molar-refractivity contribution in [2.75, 3.05) is 0 Å². The van der Waals surface area contributed by atoms with Crippen LogP contribution in [0.25, 0.3) is 11.0 Å². The van der Waals surface area contributed by atoms with Crippen molar-refractivity contribution in [3.05, 3.63) is 24.5 Å². The van der Waals surface area contributed by atoms with Gasteiger partial charge in [0.1, 0.15) is 0 Å². The second kappa shape index (κ2) is 5.76. The number of imidazole rings is 1. The van der Waals surface area contributed by atoms with Crippen LogP contribution in [0.5, 0.6) is 0 Å². The maximum atomic E-state index is 13.8. The molecule has 0 N–H and O–H groups in total. The molecule has 4 nitrogen and oxygen atoms in total. The summed E-state index contributed by atoms with van der Waals surface area (Å²) in [5, 5.41) is 0. The van der Waals surface area contributed by atoms with Crippen LogP contribution in [-0.2, 0) is 9.31 Å². The van der Waals surface area contributed by atoms with E-state index in [1.54, 1.807) is 6.33 Å². The predicted molar refractivity (Wildman–Crippen MR) is 97.9 cm³/mol. The van der Waals surface area contributed by atoms with E-state index in [0.29, 0.717) is 6.42 Å². The third-order valence-corrected chi connectivity index (χ3v) is 6.13. The number of rotatable bonds is 2. The molecule has 2 fully saturated rings. The van der Waals surface area contributed by atoms with Crippen LogP contribution in [0.15, 0.2) is 24.5 Å². The Kier molecular flexibility index (Phi) is 3.97. The zero-order chi connectivity index (χ0) is 18.7. The van der Waals surface area contributed by atoms with Gasteiger partial charge in [-0.3, -0.25) is 0 Å². The van der Waals surface area contributed by atoms with Crippen LogP contribution < -0.4 is 5.46 Å². The van der Waals surface area contributed by atoms with Crippen LogP contribution in [-0.4, -0.2) is 33.8 Å². The average Bonchev–Trinajstić information content (AvgIpc) is 3.04. The molecule has 2 heterocycles. The third-order valence-electron chi connectivity index (χ3n) is 6.13. The van der Waals surface area contributed by atoms with Gasteiger partial charge in [0.05, 0.1) is 28.6 Å². The lowest BCUT2D eigenvalue weighted by Gasteiger charge is -2.32. The molecule has 1 aromatic heterocycles. The molecular weight excluding hydrogens is 337 g/mol. The van der Waals surface area contributed by atoms with Gasteiger partial charge in [0.25, 0.3) is 0 Å². The summed E-state index contributed by atoms with van der Waals surface area (Å²) in [4.78, 5) is 4.45. The molecule has 2 aromatic rings. The van der Waals surface area contributed by atoms with Crippen molar-refractivity contribution in [2.24, 2.45) is 0 Å². The molecule has 7 heteroatoms. The number of fused-ring (bicyclic) bond motifs is 1. The van der Waals surface area contributed by atoms with Gasteiger partial charge in [0, 0.05) is 18.9 Å². The van der Waals surface area contributed by atoms with Gasteiger partial charge in [-0.15, -0.1) is 0 Å².